The van der Waals surface area contributed by atoms with Gasteiger partial charge in [0.25, 0.3) is 0 Å². The van der Waals surface area contributed by atoms with Crippen LogP contribution in [0.4, 0.5) is 0 Å². The van der Waals surface area contributed by atoms with Crippen LogP contribution < -0.4 is 0 Å². The quantitative estimate of drug-likeness (QED) is 0.700. The normalized spacial score (nSPS) is 16.5. The number of nitrogens with zero attached hydrogens (tertiary/aromatic N) is 7. The number of benzene rings is 1. The number of para-hydroxylation sites is 2. The molecule has 1 fully saturated rings. The van der Waals surface area contributed by atoms with E-state index in [4.69, 9.17) is 9.97 Å². The molecule has 0 amide bonds. The second kappa shape index (κ2) is 7.25. The van der Waals surface area contributed by atoms with Gasteiger partial charge in [0.2, 0.25) is 0 Å². The van der Waals surface area contributed by atoms with Gasteiger partial charge >= 0.3 is 0 Å². The molecular formula is C18H23N7. The molecule has 130 valence electrons. The number of hydrogen-bond donors (Lipinski definition) is 0. The molecule has 25 heavy (non-hydrogen) atoms. The van der Waals surface area contributed by atoms with Crippen molar-refractivity contribution in [2.75, 3.05) is 32.7 Å². The SMILES string of the molecule is Cc1nc2ccccc2nc1CN1CCN(CCn2cncn2)CC1. The van der Waals surface area contributed by atoms with E-state index in [-0.39, 0.29) is 0 Å². The molecule has 1 saturated heterocycles. The van der Waals surface area contributed by atoms with Gasteiger partial charge in [0.1, 0.15) is 12.7 Å². The van der Waals surface area contributed by atoms with E-state index in [9.17, 15) is 0 Å². The summed E-state index contributed by atoms with van der Waals surface area (Å²) in [4.78, 5) is 18.5. The number of aromatic nitrogens is 5. The first kappa shape index (κ1) is 16.1. The van der Waals surface area contributed by atoms with Gasteiger partial charge < -0.3 is 0 Å². The van der Waals surface area contributed by atoms with Gasteiger partial charge in [0.05, 0.1) is 29.0 Å². The highest BCUT2D eigenvalue weighted by molar-refractivity contribution is 5.74. The molecule has 7 nitrogen and oxygen atoms in total. The summed E-state index contributed by atoms with van der Waals surface area (Å²) in [7, 11) is 0. The molecule has 1 aliphatic heterocycles. The van der Waals surface area contributed by atoms with Gasteiger partial charge in [0.15, 0.2) is 0 Å². The maximum atomic E-state index is 4.82. The standard InChI is InChI=1S/C18H23N7/c1-15-18(22-17-5-3-2-4-16(17)21-15)12-24-8-6-23(7-9-24)10-11-25-14-19-13-20-25/h2-5,13-14H,6-12H2,1H3. The van der Waals surface area contributed by atoms with Crippen LogP contribution in [-0.4, -0.2) is 67.3 Å². The van der Waals surface area contributed by atoms with E-state index in [1.165, 1.54) is 0 Å². The van der Waals surface area contributed by atoms with Crippen molar-refractivity contribution >= 4 is 11.0 Å². The monoisotopic (exact) mass is 337 g/mol. The summed E-state index contributed by atoms with van der Waals surface area (Å²) in [6.07, 6.45) is 3.36. The lowest BCUT2D eigenvalue weighted by molar-refractivity contribution is 0.122. The maximum absolute atomic E-state index is 4.82. The van der Waals surface area contributed by atoms with Gasteiger partial charge in [-0.15, -0.1) is 0 Å². The van der Waals surface area contributed by atoms with E-state index in [1.807, 2.05) is 28.9 Å². The van der Waals surface area contributed by atoms with E-state index < -0.39 is 0 Å². The number of fused-ring (bicyclic) bond motifs is 1. The minimum absolute atomic E-state index is 0.876. The molecule has 0 aliphatic carbocycles. The van der Waals surface area contributed by atoms with Gasteiger partial charge in [-0.3, -0.25) is 14.5 Å². The van der Waals surface area contributed by atoms with E-state index in [0.717, 1.165) is 68.2 Å². The van der Waals surface area contributed by atoms with Crippen LogP contribution in [-0.2, 0) is 13.1 Å². The van der Waals surface area contributed by atoms with Crippen molar-refractivity contribution in [1.29, 1.82) is 0 Å². The van der Waals surface area contributed by atoms with E-state index in [2.05, 4.69) is 26.8 Å². The molecule has 1 aromatic carbocycles. The summed E-state index contributed by atoms with van der Waals surface area (Å²) in [6.45, 7) is 9.13. The Bertz CT molecular complexity index is 823. The van der Waals surface area contributed by atoms with Gasteiger partial charge in [-0.05, 0) is 19.1 Å². The Labute approximate surface area is 147 Å². The Hall–Kier alpha value is -2.38. The average Bonchev–Trinajstić information content (AvgIpc) is 3.15. The van der Waals surface area contributed by atoms with E-state index >= 15 is 0 Å². The van der Waals surface area contributed by atoms with Crippen LogP contribution in [0.25, 0.3) is 11.0 Å². The summed E-state index contributed by atoms with van der Waals surface area (Å²) < 4.78 is 1.89. The molecule has 0 unspecified atom stereocenters. The third kappa shape index (κ3) is 3.83. The summed E-state index contributed by atoms with van der Waals surface area (Å²) in [5.74, 6) is 0. The molecule has 2 aromatic heterocycles. The molecule has 0 bridgehead atoms. The van der Waals surface area contributed by atoms with Crippen LogP contribution in [0.5, 0.6) is 0 Å². The lowest BCUT2D eigenvalue weighted by atomic mass is 10.2. The average molecular weight is 337 g/mol. The van der Waals surface area contributed by atoms with Crippen LogP contribution in [0.15, 0.2) is 36.9 Å². The van der Waals surface area contributed by atoms with Crippen LogP contribution in [0.3, 0.4) is 0 Å². The molecular weight excluding hydrogens is 314 g/mol. The van der Waals surface area contributed by atoms with Gasteiger partial charge in [-0.25, -0.2) is 15.0 Å². The summed E-state index contributed by atoms with van der Waals surface area (Å²) in [5.41, 5.74) is 4.08. The van der Waals surface area contributed by atoms with Crippen molar-refractivity contribution in [3.05, 3.63) is 48.3 Å². The van der Waals surface area contributed by atoms with Crippen LogP contribution in [0.2, 0.25) is 0 Å². The Morgan fingerprint density at radius 2 is 1.64 bits per heavy atom. The Morgan fingerprint density at radius 1 is 0.920 bits per heavy atom. The molecule has 4 rings (SSSR count). The largest absolute Gasteiger partial charge is 0.299 e. The third-order valence-electron chi connectivity index (χ3n) is 4.79. The van der Waals surface area contributed by atoms with Crippen molar-refractivity contribution in [3.8, 4) is 0 Å². The number of piperazine rings is 1. The van der Waals surface area contributed by atoms with Crippen molar-refractivity contribution in [2.45, 2.75) is 20.0 Å². The smallest absolute Gasteiger partial charge is 0.137 e. The van der Waals surface area contributed by atoms with E-state index in [1.54, 1.807) is 12.7 Å². The Balaban J connectivity index is 1.33. The highest BCUT2D eigenvalue weighted by Gasteiger charge is 2.18. The topological polar surface area (TPSA) is 63.0 Å². The molecule has 0 N–H and O–H groups in total. The Kier molecular flexibility index (Phi) is 4.67. The molecule has 0 atom stereocenters. The fourth-order valence-electron chi connectivity index (χ4n) is 3.25. The second-order valence-electron chi connectivity index (χ2n) is 6.52. The number of aryl methyl sites for hydroxylation is 1. The predicted octanol–water partition coefficient (Wildman–Crippen LogP) is 1.35. The molecule has 1 aliphatic rings. The zero-order chi connectivity index (χ0) is 17.1. The van der Waals surface area contributed by atoms with Crippen LogP contribution in [0.1, 0.15) is 11.4 Å². The highest BCUT2D eigenvalue weighted by Crippen LogP contribution is 2.15. The van der Waals surface area contributed by atoms with Gasteiger partial charge in [-0.1, -0.05) is 12.1 Å². The number of rotatable bonds is 5. The van der Waals surface area contributed by atoms with Crippen molar-refractivity contribution in [3.63, 3.8) is 0 Å². The highest BCUT2D eigenvalue weighted by atomic mass is 15.3. The van der Waals surface area contributed by atoms with Crippen LogP contribution >= 0.6 is 0 Å². The van der Waals surface area contributed by atoms with E-state index in [0.29, 0.717) is 0 Å². The zero-order valence-electron chi connectivity index (χ0n) is 14.5. The minimum atomic E-state index is 0.876. The summed E-state index contributed by atoms with van der Waals surface area (Å²) in [6, 6.07) is 8.08. The van der Waals surface area contributed by atoms with Crippen LogP contribution in [0, 0.1) is 6.92 Å². The van der Waals surface area contributed by atoms with Gasteiger partial charge in [0, 0.05) is 39.3 Å². The first-order valence-electron chi connectivity index (χ1n) is 8.77. The van der Waals surface area contributed by atoms with Crippen molar-refractivity contribution < 1.29 is 0 Å². The lowest BCUT2D eigenvalue weighted by Gasteiger charge is -2.34. The van der Waals surface area contributed by atoms with Crippen molar-refractivity contribution in [2.24, 2.45) is 0 Å². The molecule has 3 heterocycles. The molecule has 0 saturated carbocycles. The second-order valence-corrected chi connectivity index (χ2v) is 6.52. The molecule has 7 heteroatoms. The molecule has 0 spiro atoms. The Morgan fingerprint density at radius 3 is 2.36 bits per heavy atom. The summed E-state index contributed by atoms with van der Waals surface area (Å²) >= 11 is 0. The molecule has 3 aromatic rings. The fourth-order valence-corrected chi connectivity index (χ4v) is 3.25. The lowest BCUT2D eigenvalue weighted by Crippen LogP contribution is -2.46. The zero-order valence-corrected chi connectivity index (χ0v) is 14.5. The first-order chi connectivity index (χ1) is 12.3. The third-order valence-corrected chi connectivity index (χ3v) is 4.79. The fraction of sp³-hybridized carbons (Fsp3) is 0.444. The molecule has 0 radical (unpaired) electrons. The number of hydrogen-bond acceptors (Lipinski definition) is 6. The minimum Gasteiger partial charge on any atom is -0.299 e. The predicted molar refractivity (Wildman–Crippen MR) is 96.0 cm³/mol. The summed E-state index contributed by atoms with van der Waals surface area (Å²) in [5, 5.41) is 4.16. The maximum Gasteiger partial charge on any atom is 0.137 e. The van der Waals surface area contributed by atoms with Crippen molar-refractivity contribution in [1.82, 2.24) is 34.5 Å². The first-order valence-corrected chi connectivity index (χ1v) is 8.77. The van der Waals surface area contributed by atoms with Gasteiger partial charge in [-0.2, -0.15) is 5.10 Å².